The molecule has 0 radical (unpaired) electrons. The highest BCUT2D eigenvalue weighted by Crippen LogP contribution is 2.21. The number of carbonyl (C=O) groups is 3. The minimum absolute atomic E-state index is 0.103. The van der Waals surface area contributed by atoms with Crippen LogP contribution in [0.3, 0.4) is 0 Å². The van der Waals surface area contributed by atoms with E-state index < -0.39 is 0 Å². The first kappa shape index (κ1) is 23.1. The predicted molar refractivity (Wildman–Crippen MR) is 121 cm³/mol. The van der Waals surface area contributed by atoms with Gasteiger partial charge in [-0.15, -0.1) is 0 Å². The van der Waals surface area contributed by atoms with Gasteiger partial charge in [-0.3, -0.25) is 19.3 Å². The first-order chi connectivity index (χ1) is 14.3. The highest BCUT2D eigenvalue weighted by molar-refractivity contribution is 5.96. The van der Waals surface area contributed by atoms with Gasteiger partial charge in [0.25, 0.3) is 0 Å². The van der Waals surface area contributed by atoms with Gasteiger partial charge in [-0.1, -0.05) is 32.0 Å². The van der Waals surface area contributed by atoms with E-state index in [1.807, 2.05) is 32.0 Å². The number of carbonyl (C=O) groups excluding carboxylic acids is 3. The number of rotatable bonds is 9. The zero-order chi connectivity index (χ0) is 22.1. The third-order valence-corrected chi connectivity index (χ3v) is 4.68. The molecule has 0 aliphatic rings. The molecule has 3 amide bonds. The molecule has 2 aromatic rings. The summed E-state index contributed by atoms with van der Waals surface area (Å²) < 4.78 is 0. The fourth-order valence-electron chi connectivity index (χ4n) is 3.11. The van der Waals surface area contributed by atoms with Gasteiger partial charge < -0.3 is 16.0 Å². The number of anilines is 3. The highest BCUT2D eigenvalue weighted by Gasteiger charge is 2.15. The van der Waals surface area contributed by atoms with Crippen molar-refractivity contribution in [3.8, 4) is 0 Å². The Morgan fingerprint density at radius 3 is 1.93 bits per heavy atom. The van der Waals surface area contributed by atoms with Gasteiger partial charge >= 0.3 is 0 Å². The van der Waals surface area contributed by atoms with Gasteiger partial charge in [-0.25, -0.2) is 0 Å². The number of aryl methyl sites for hydroxylation is 2. The number of para-hydroxylation sites is 1. The molecule has 0 aromatic heterocycles. The molecular weight excluding hydrogens is 380 g/mol. The number of nitrogens with one attached hydrogen (secondary N) is 3. The van der Waals surface area contributed by atoms with Crippen LogP contribution in [0.4, 0.5) is 17.1 Å². The van der Waals surface area contributed by atoms with Crippen molar-refractivity contribution in [3.63, 3.8) is 0 Å². The molecule has 0 spiro atoms. The van der Waals surface area contributed by atoms with E-state index in [9.17, 15) is 14.4 Å². The summed E-state index contributed by atoms with van der Waals surface area (Å²) in [7, 11) is 0. The molecule has 3 N–H and O–H groups in total. The predicted octanol–water partition coefficient (Wildman–Crippen LogP) is 3.41. The van der Waals surface area contributed by atoms with Crippen LogP contribution < -0.4 is 16.0 Å². The molecule has 0 unspecified atom stereocenters. The van der Waals surface area contributed by atoms with Crippen LogP contribution in [-0.2, 0) is 20.8 Å². The Hall–Kier alpha value is -3.19. The second-order valence-corrected chi connectivity index (χ2v) is 7.12. The molecule has 160 valence electrons. The SMILES string of the molecule is CCc1cccc(C)c1NC(=O)CN(CC)CC(=O)Nc1ccc(NC(C)=O)cc1. The largest absolute Gasteiger partial charge is 0.326 e. The van der Waals surface area contributed by atoms with Crippen LogP contribution in [0.2, 0.25) is 0 Å². The van der Waals surface area contributed by atoms with E-state index in [1.165, 1.54) is 6.92 Å². The molecule has 30 heavy (non-hydrogen) atoms. The number of amides is 3. The summed E-state index contributed by atoms with van der Waals surface area (Å²) in [5.74, 6) is -0.504. The number of benzene rings is 2. The molecule has 0 aliphatic carbocycles. The van der Waals surface area contributed by atoms with Gasteiger partial charge in [0.2, 0.25) is 17.7 Å². The zero-order valence-corrected chi connectivity index (χ0v) is 18.0. The van der Waals surface area contributed by atoms with Gasteiger partial charge in [0, 0.05) is 24.0 Å². The van der Waals surface area contributed by atoms with Gasteiger partial charge in [0.05, 0.1) is 13.1 Å². The molecule has 2 rings (SSSR count). The Morgan fingerprint density at radius 2 is 1.40 bits per heavy atom. The Kier molecular flexibility index (Phi) is 8.55. The van der Waals surface area contributed by atoms with Crippen molar-refractivity contribution in [1.82, 2.24) is 4.90 Å². The Balaban J connectivity index is 1.91. The molecule has 0 heterocycles. The maximum absolute atomic E-state index is 12.5. The molecule has 7 heteroatoms. The lowest BCUT2D eigenvalue weighted by Gasteiger charge is -2.20. The van der Waals surface area contributed by atoms with Crippen LogP contribution in [0.1, 0.15) is 31.9 Å². The van der Waals surface area contributed by atoms with Crippen molar-refractivity contribution in [3.05, 3.63) is 53.6 Å². The van der Waals surface area contributed by atoms with Gasteiger partial charge in [-0.05, 0) is 55.3 Å². The molecule has 0 atom stereocenters. The van der Waals surface area contributed by atoms with E-state index in [-0.39, 0.29) is 30.8 Å². The molecule has 0 fully saturated rings. The van der Waals surface area contributed by atoms with E-state index in [0.29, 0.717) is 17.9 Å². The number of likely N-dealkylation sites (N-methyl/N-ethyl adjacent to an activating group) is 1. The summed E-state index contributed by atoms with van der Waals surface area (Å²) in [6.07, 6.45) is 0.831. The van der Waals surface area contributed by atoms with Crippen LogP contribution in [0.25, 0.3) is 0 Å². The molecule has 0 saturated carbocycles. The lowest BCUT2D eigenvalue weighted by atomic mass is 10.1. The fourth-order valence-corrected chi connectivity index (χ4v) is 3.11. The van der Waals surface area contributed by atoms with Gasteiger partial charge in [-0.2, -0.15) is 0 Å². The molecule has 0 aliphatic heterocycles. The van der Waals surface area contributed by atoms with Crippen molar-refractivity contribution in [2.75, 3.05) is 35.6 Å². The minimum Gasteiger partial charge on any atom is -0.326 e. The van der Waals surface area contributed by atoms with Crippen LogP contribution in [-0.4, -0.2) is 42.3 Å². The van der Waals surface area contributed by atoms with Crippen LogP contribution >= 0.6 is 0 Å². The van der Waals surface area contributed by atoms with E-state index in [2.05, 4.69) is 22.9 Å². The molecule has 2 aromatic carbocycles. The summed E-state index contributed by atoms with van der Waals surface area (Å²) >= 11 is 0. The fraction of sp³-hybridized carbons (Fsp3) is 0.348. The summed E-state index contributed by atoms with van der Waals surface area (Å²) in [6.45, 7) is 8.17. The van der Waals surface area contributed by atoms with Crippen molar-refractivity contribution in [1.29, 1.82) is 0 Å². The standard InChI is InChI=1S/C23H30N4O3/c1-5-18-9-7-8-16(3)23(18)26-22(30)15-27(6-2)14-21(29)25-20-12-10-19(11-13-20)24-17(4)28/h7-13H,5-6,14-15H2,1-4H3,(H,24,28)(H,25,29)(H,26,30). The average molecular weight is 411 g/mol. The maximum Gasteiger partial charge on any atom is 0.238 e. The molecular formula is C23H30N4O3. The molecule has 0 bridgehead atoms. The third kappa shape index (κ3) is 7.00. The quantitative estimate of drug-likeness (QED) is 0.591. The topological polar surface area (TPSA) is 90.5 Å². The van der Waals surface area contributed by atoms with Crippen molar-refractivity contribution in [2.24, 2.45) is 0 Å². The number of hydrogen-bond donors (Lipinski definition) is 3. The second kappa shape index (κ2) is 11.1. The first-order valence-corrected chi connectivity index (χ1v) is 10.1. The van der Waals surface area contributed by atoms with Crippen LogP contribution in [0.5, 0.6) is 0 Å². The molecule has 0 saturated heterocycles. The lowest BCUT2D eigenvalue weighted by Crippen LogP contribution is -2.38. The van der Waals surface area contributed by atoms with E-state index in [4.69, 9.17) is 0 Å². The monoisotopic (exact) mass is 410 g/mol. The highest BCUT2D eigenvalue weighted by atomic mass is 16.2. The first-order valence-electron chi connectivity index (χ1n) is 10.1. The summed E-state index contributed by atoms with van der Waals surface area (Å²) in [6, 6.07) is 12.8. The average Bonchev–Trinajstić information content (AvgIpc) is 2.70. The summed E-state index contributed by atoms with van der Waals surface area (Å²) in [5.41, 5.74) is 4.25. The summed E-state index contributed by atoms with van der Waals surface area (Å²) in [5, 5.41) is 8.48. The van der Waals surface area contributed by atoms with Crippen molar-refractivity contribution < 1.29 is 14.4 Å². The van der Waals surface area contributed by atoms with Crippen LogP contribution in [0, 0.1) is 6.92 Å². The van der Waals surface area contributed by atoms with Gasteiger partial charge in [0.15, 0.2) is 0 Å². The second-order valence-electron chi connectivity index (χ2n) is 7.12. The summed E-state index contributed by atoms with van der Waals surface area (Å²) in [4.78, 5) is 37.8. The normalized spacial score (nSPS) is 10.6. The van der Waals surface area contributed by atoms with Crippen molar-refractivity contribution >= 4 is 34.8 Å². The molecule has 7 nitrogen and oxygen atoms in total. The Morgan fingerprint density at radius 1 is 0.833 bits per heavy atom. The lowest BCUT2D eigenvalue weighted by molar-refractivity contribution is -0.120. The zero-order valence-electron chi connectivity index (χ0n) is 18.0. The maximum atomic E-state index is 12.5. The smallest absolute Gasteiger partial charge is 0.238 e. The number of nitrogens with zero attached hydrogens (tertiary/aromatic N) is 1. The van der Waals surface area contributed by atoms with Crippen LogP contribution in [0.15, 0.2) is 42.5 Å². The van der Waals surface area contributed by atoms with E-state index in [0.717, 1.165) is 23.2 Å². The van der Waals surface area contributed by atoms with Gasteiger partial charge in [0.1, 0.15) is 0 Å². The minimum atomic E-state index is -0.206. The Bertz CT molecular complexity index is 894. The van der Waals surface area contributed by atoms with E-state index in [1.54, 1.807) is 29.2 Å². The Labute approximate surface area is 177 Å². The van der Waals surface area contributed by atoms with E-state index >= 15 is 0 Å². The number of hydrogen-bond acceptors (Lipinski definition) is 4. The third-order valence-electron chi connectivity index (χ3n) is 4.68. The van der Waals surface area contributed by atoms with Crippen molar-refractivity contribution in [2.45, 2.75) is 34.1 Å².